The summed E-state index contributed by atoms with van der Waals surface area (Å²) in [5.74, 6) is 0. The highest BCUT2D eigenvalue weighted by molar-refractivity contribution is 5.47. The first-order chi connectivity index (χ1) is 7.27. The van der Waals surface area contributed by atoms with Gasteiger partial charge in [-0.1, -0.05) is 18.2 Å². The number of para-hydroxylation sites is 1. The van der Waals surface area contributed by atoms with E-state index >= 15 is 0 Å². The molecule has 1 unspecified atom stereocenters. The summed E-state index contributed by atoms with van der Waals surface area (Å²) >= 11 is 0. The van der Waals surface area contributed by atoms with Crippen LogP contribution in [0.3, 0.4) is 0 Å². The van der Waals surface area contributed by atoms with Gasteiger partial charge in [0.25, 0.3) is 0 Å². The summed E-state index contributed by atoms with van der Waals surface area (Å²) < 4.78 is 5.54. The Morgan fingerprint density at radius 3 is 2.73 bits per heavy atom. The summed E-state index contributed by atoms with van der Waals surface area (Å²) in [4.78, 5) is 0. The Morgan fingerprint density at radius 1 is 1.40 bits per heavy atom. The number of hydrogen-bond acceptors (Lipinski definition) is 3. The lowest BCUT2D eigenvalue weighted by atomic mass is 9.96. The average Bonchev–Trinajstić information content (AvgIpc) is 2.16. The molecule has 3 nitrogen and oxygen atoms in total. The van der Waals surface area contributed by atoms with Gasteiger partial charge in [-0.05, 0) is 25.3 Å². The number of hydrogen-bond donors (Lipinski definition) is 2. The second-order valence-corrected chi connectivity index (χ2v) is 4.03. The van der Waals surface area contributed by atoms with Gasteiger partial charge in [-0.15, -0.1) is 0 Å². The highest BCUT2D eigenvalue weighted by Crippen LogP contribution is 2.25. The van der Waals surface area contributed by atoms with E-state index in [0.717, 1.165) is 18.4 Å². The van der Waals surface area contributed by atoms with Crippen LogP contribution in [0.5, 0.6) is 0 Å². The predicted octanol–water partition coefficient (Wildman–Crippen LogP) is 1.87. The number of rotatable bonds is 4. The van der Waals surface area contributed by atoms with Gasteiger partial charge in [0.1, 0.15) is 6.10 Å². The van der Waals surface area contributed by atoms with E-state index in [0.29, 0.717) is 18.4 Å². The molecule has 0 spiro atoms. The Morgan fingerprint density at radius 2 is 2.13 bits per heavy atom. The van der Waals surface area contributed by atoms with E-state index in [2.05, 4.69) is 0 Å². The van der Waals surface area contributed by atoms with Crippen molar-refractivity contribution in [1.82, 2.24) is 0 Å². The van der Waals surface area contributed by atoms with Crippen LogP contribution in [0.25, 0.3) is 0 Å². The van der Waals surface area contributed by atoms with E-state index in [9.17, 15) is 5.11 Å². The van der Waals surface area contributed by atoms with Crippen LogP contribution < -0.4 is 5.73 Å². The monoisotopic (exact) mass is 207 g/mol. The largest absolute Gasteiger partial charge is 0.398 e. The lowest BCUT2D eigenvalue weighted by Crippen LogP contribution is -2.24. The molecule has 1 fully saturated rings. The van der Waals surface area contributed by atoms with Gasteiger partial charge in [-0.3, -0.25) is 0 Å². The maximum absolute atomic E-state index is 9.86. The second-order valence-electron chi connectivity index (χ2n) is 4.03. The number of benzene rings is 1. The van der Waals surface area contributed by atoms with Gasteiger partial charge in [0.05, 0.1) is 12.7 Å². The summed E-state index contributed by atoms with van der Waals surface area (Å²) in [6.45, 7) is 0.346. The van der Waals surface area contributed by atoms with Gasteiger partial charge in [-0.2, -0.15) is 0 Å². The molecule has 0 bridgehead atoms. The third-order valence-corrected chi connectivity index (χ3v) is 2.90. The summed E-state index contributed by atoms with van der Waals surface area (Å²) in [6, 6.07) is 7.36. The molecule has 3 heteroatoms. The van der Waals surface area contributed by atoms with Crippen LogP contribution in [-0.4, -0.2) is 17.8 Å². The molecule has 2 rings (SSSR count). The fourth-order valence-electron chi connectivity index (χ4n) is 1.67. The standard InChI is InChI=1S/C12H17NO2/c13-11-7-2-1-6-10(11)12(14)8-15-9-4-3-5-9/h1-2,6-7,9,12,14H,3-5,8,13H2. The normalized spacial score (nSPS) is 18.5. The third-order valence-electron chi connectivity index (χ3n) is 2.90. The number of aliphatic hydroxyl groups excluding tert-OH is 1. The molecule has 1 aromatic rings. The summed E-state index contributed by atoms with van der Waals surface area (Å²) in [6.07, 6.45) is 3.23. The van der Waals surface area contributed by atoms with Crippen LogP contribution in [0.1, 0.15) is 30.9 Å². The van der Waals surface area contributed by atoms with Gasteiger partial charge >= 0.3 is 0 Å². The van der Waals surface area contributed by atoms with Crippen LogP contribution in [0.4, 0.5) is 5.69 Å². The van der Waals surface area contributed by atoms with E-state index in [4.69, 9.17) is 10.5 Å². The molecule has 1 aromatic carbocycles. The quantitative estimate of drug-likeness (QED) is 0.741. The number of ether oxygens (including phenoxy) is 1. The highest BCUT2D eigenvalue weighted by atomic mass is 16.5. The van der Waals surface area contributed by atoms with Crippen LogP contribution >= 0.6 is 0 Å². The number of nitrogens with two attached hydrogens (primary N) is 1. The van der Waals surface area contributed by atoms with Crippen LogP contribution in [-0.2, 0) is 4.74 Å². The molecule has 0 radical (unpaired) electrons. The van der Waals surface area contributed by atoms with Crippen molar-refractivity contribution in [2.45, 2.75) is 31.5 Å². The topological polar surface area (TPSA) is 55.5 Å². The van der Waals surface area contributed by atoms with Gasteiger partial charge in [-0.25, -0.2) is 0 Å². The van der Waals surface area contributed by atoms with Gasteiger partial charge < -0.3 is 15.6 Å². The Balaban J connectivity index is 1.89. The third kappa shape index (κ3) is 2.49. The molecule has 3 N–H and O–H groups in total. The number of nitrogen functional groups attached to an aromatic ring is 1. The molecule has 1 aliphatic rings. The van der Waals surface area contributed by atoms with Crippen LogP contribution in [0.2, 0.25) is 0 Å². The molecule has 15 heavy (non-hydrogen) atoms. The molecule has 1 atom stereocenters. The maximum atomic E-state index is 9.86. The molecule has 0 heterocycles. The Kier molecular flexibility index (Phi) is 3.23. The van der Waals surface area contributed by atoms with Crippen molar-refractivity contribution in [2.75, 3.05) is 12.3 Å². The van der Waals surface area contributed by atoms with E-state index in [1.807, 2.05) is 18.2 Å². The number of anilines is 1. The van der Waals surface area contributed by atoms with E-state index in [-0.39, 0.29) is 0 Å². The Hall–Kier alpha value is -1.06. The van der Waals surface area contributed by atoms with Crippen LogP contribution in [0, 0.1) is 0 Å². The minimum Gasteiger partial charge on any atom is -0.398 e. The van der Waals surface area contributed by atoms with Crippen molar-refractivity contribution in [2.24, 2.45) is 0 Å². The van der Waals surface area contributed by atoms with Crippen molar-refractivity contribution in [3.05, 3.63) is 29.8 Å². The minimum absolute atomic E-state index is 0.346. The fourth-order valence-corrected chi connectivity index (χ4v) is 1.67. The number of aliphatic hydroxyl groups is 1. The van der Waals surface area contributed by atoms with Crippen molar-refractivity contribution < 1.29 is 9.84 Å². The molecule has 0 aromatic heterocycles. The highest BCUT2D eigenvalue weighted by Gasteiger charge is 2.20. The average molecular weight is 207 g/mol. The zero-order valence-electron chi connectivity index (χ0n) is 8.73. The molecule has 0 amide bonds. The molecular weight excluding hydrogens is 190 g/mol. The van der Waals surface area contributed by atoms with Crippen molar-refractivity contribution >= 4 is 5.69 Å². The zero-order valence-corrected chi connectivity index (χ0v) is 8.73. The van der Waals surface area contributed by atoms with Gasteiger partial charge in [0.2, 0.25) is 0 Å². The molecule has 0 aliphatic heterocycles. The first-order valence-electron chi connectivity index (χ1n) is 5.41. The lowest BCUT2D eigenvalue weighted by Gasteiger charge is -2.27. The van der Waals surface area contributed by atoms with Gasteiger partial charge in [0.15, 0.2) is 0 Å². The van der Waals surface area contributed by atoms with Crippen molar-refractivity contribution in [3.63, 3.8) is 0 Å². The lowest BCUT2D eigenvalue weighted by molar-refractivity contribution is -0.0424. The maximum Gasteiger partial charge on any atom is 0.104 e. The van der Waals surface area contributed by atoms with E-state index in [1.165, 1.54) is 6.42 Å². The molecule has 0 saturated heterocycles. The smallest absolute Gasteiger partial charge is 0.104 e. The summed E-state index contributed by atoms with van der Waals surface area (Å²) in [7, 11) is 0. The van der Waals surface area contributed by atoms with Crippen molar-refractivity contribution in [1.29, 1.82) is 0 Å². The van der Waals surface area contributed by atoms with Crippen molar-refractivity contribution in [3.8, 4) is 0 Å². The fraction of sp³-hybridized carbons (Fsp3) is 0.500. The Labute approximate surface area is 89.9 Å². The SMILES string of the molecule is Nc1ccccc1C(O)COC1CCC1. The zero-order chi connectivity index (χ0) is 10.7. The van der Waals surface area contributed by atoms with Gasteiger partial charge in [0, 0.05) is 11.3 Å². The molecule has 82 valence electrons. The first-order valence-corrected chi connectivity index (χ1v) is 5.41. The summed E-state index contributed by atoms with van der Waals surface area (Å²) in [5.41, 5.74) is 7.15. The Bertz CT molecular complexity index is 323. The minimum atomic E-state index is -0.605. The van der Waals surface area contributed by atoms with Crippen LogP contribution in [0.15, 0.2) is 24.3 Å². The first kappa shape index (κ1) is 10.5. The molecular formula is C12H17NO2. The second kappa shape index (κ2) is 4.64. The molecule has 1 saturated carbocycles. The molecule has 1 aliphatic carbocycles. The predicted molar refractivity (Wildman–Crippen MR) is 59.4 cm³/mol. The van der Waals surface area contributed by atoms with E-state index in [1.54, 1.807) is 6.07 Å². The summed E-state index contributed by atoms with van der Waals surface area (Å²) in [5, 5.41) is 9.86. The van der Waals surface area contributed by atoms with E-state index < -0.39 is 6.10 Å².